The van der Waals surface area contributed by atoms with E-state index in [0.717, 1.165) is 24.9 Å². The van der Waals surface area contributed by atoms with Crippen LogP contribution < -0.4 is 14.2 Å². The van der Waals surface area contributed by atoms with Gasteiger partial charge in [0.1, 0.15) is 12.4 Å². The first-order valence-corrected chi connectivity index (χ1v) is 13.6. The largest absolute Gasteiger partial charge is 0.492 e. The van der Waals surface area contributed by atoms with Crippen LogP contribution in [0.4, 0.5) is 5.69 Å². The number of hydrogen-bond acceptors (Lipinski definition) is 7. The van der Waals surface area contributed by atoms with Crippen LogP contribution in [0.25, 0.3) is 11.1 Å². The predicted octanol–water partition coefficient (Wildman–Crippen LogP) is 4.36. The third kappa shape index (κ3) is 7.80. The number of amides is 1. The fraction of sp³-hybridized carbons (Fsp3) is 0.259. The van der Waals surface area contributed by atoms with Crippen molar-refractivity contribution in [3.05, 3.63) is 77.9 Å². The standard InChI is InChI=1S/C27H30N2O7S/c1-4-29(5-2)15-16-35-21-12-14-25(36-37(3,33)34)23(18-21)26(30)28-24-17-20(11-13-22(24)27(31)32)19-9-7-6-8-10-19/h6-14,17-18H,4-5,15-16H2,1-3H3,(H,28,30)(H,31,32). The van der Waals surface area contributed by atoms with E-state index in [1.807, 2.05) is 44.2 Å². The molecule has 3 aromatic carbocycles. The fourth-order valence-corrected chi connectivity index (χ4v) is 4.15. The minimum absolute atomic E-state index is 0.0528. The SMILES string of the molecule is CCN(CC)CCOc1ccc(OS(C)(=O)=O)c(C(=O)Nc2cc(-c3ccccc3)ccc2C(=O)O)c1. The molecule has 0 spiro atoms. The number of carbonyl (C=O) groups is 2. The zero-order valence-corrected chi connectivity index (χ0v) is 21.7. The van der Waals surface area contributed by atoms with Gasteiger partial charge in [0.05, 0.1) is 23.1 Å². The van der Waals surface area contributed by atoms with Gasteiger partial charge < -0.3 is 24.2 Å². The summed E-state index contributed by atoms with van der Waals surface area (Å²) < 4.78 is 34.4. The first-order valence-electron chi connectivity index (χ1n) is 11.7. The number of aromatic carboxylic acids is 1. The Hall–Kier alpha value is -3.89. The van der Waals surface area contributed by atoms with E-state index in [4.69, 9.17) is 8.92 Å². The number of likely N-dealkylation sites (N-methyl/N-ethyl adjacent to an activating group) is 1. The number of nitrogens with zero attached hydrogens (tertiary/aromatic N) is 1. The molecule has 10 heteroatoms. The Labute approximate surface area is 216 Å². The molecule has 2 N–H and O–H groups in total. The lowest BCUT2D eigenvalue weighted by atomic mass is 10.0. The monoisotopic (exact) mass is 526 g/mol. The van der Waals surface area contributed by atoms with Crippen LogP contribution in [0.15, 0.2) is 66.7 Å². The first kappa shape index (κ1) is 27.7. The molecule has 0 aliphatic rings. The summed E-state index contributed by atoms with van der Waals surface area (Å²) in [7, 11) is -3.94. The van der Waals surface area contributed by atoms with Crippen LogP contribution in [0.5, 0.6) is 11.5 Å². The molecule has 1 amide bonds. The molecule has 9 nitrogen and oxygen atoms in total. The second-order valence-corrected chi connectivity index (χ2v) is 9.78. The highest BCUT2D eigenvalue weighted by molar-refractivity contribution is 7.86. The average molecular weight is 527 g/mol. The number of carboxylic acids is 1. The van der Waals surface area contributed by atoms with Gasteiger partial charge in [0.15, 0.2) is 5.75 Å². The van der Waals surface area contributed by atoms with Gasteiger partial charge in [-0.1, -0.05) is 50.2 Å². The van der Waals surface area contributed by atoms with Gasteiger partial charge >= 0.3 is 16.1 Å². The lowest BCUT2D eigenvalue weighted by molar-refractivity contribution is 0.0698. The molecule has 0 bridgehead atoms. The summed E-state index contributed by atoms with van der Waals surface area (Å²) in [5.74, 6) is -1.83. The van der Waals surface area contributed by atoms with Gasteiger partial charge in [-0.2, -0.15) is 8.42 Å². The van der Waals surface area contributed by atoms with Crippen LogP contribution in [0, 0.1) is 0 Å². The third-order valence-corrected chi connectivity index (χ3v) is 6.10. The lowest BCUT2D eigenvalue weighted by Crippen LogP contribution is -2.28. The molecule has 0 fully saturated rings. The molecule has 0 radical (unpaired) electrons. The number of benzene rings is 3. The Morgan fingerprint density at radius 2 is 1.62 bits per heavy atom. The summed E-state index contributed by atoms with van der Waals surface area (Å²) >= 11 is 0. The van der Waals surface area contributed by atoms with Crippen molar-refractivity contribution in [3.63, 3.8) is 0 Å². The Bertz CT molecular complexity index is 1350. The molecule has 0 aliphatic heterocycles. The molecule has 3 rings (SSSR count). The van der Waals surface area contributed by atoms with Crippen molar-refractivity contribution in [1.82, 2.24) is 4.90 Å². The van der Waals surface area contributed by atoms with E-state index in [9.17, 15) is 23.1 Å². The molecular weight excluding hydrogens is 496 g/mol. The van der Waals surface area contributed by atoms with Crippen LogP contribution in [0.1, 0.15) is 34.6 Å². The highest BCUT2D eigenvalue weighted by Gasteiger charge is 2.21. The second kappa shape index (κ2) is 12.4. The van der Waals surface area contributed by atoms with Gasteiger partial charge in [-0.25, -0.2) is 4.79 Å². The molecule has 0 heterocycles. The maximum atomic E-state index is 13.3. The topological polar surface area (TPSA) is 122 Å². The molecule has 0 unspecified atom stereocenters. The van der Waals surface area contributed by atoms with E-state index in [0.29, 0.717) is 24.5 Å². The molecular formula is C27H30N2O7S. The molecule has 0 saturated heterocycles. The second-order valence-electron chi connectivity index (χ2n) is 8.21. The molecule has 196 valence electrons. The average Bonchev–Trinajstić information content (AvgIpc) is 2.86. The number of carboxylic acid groups (broad SMARTS) is 1. The number of nitrogens with one attached hydrogen (secondary N) is 1. The molecule has 0 aromatic heterocycles. The maximum Gasteiger partial charge on any atom is 0.337 e. The summed E-state index contributed by atoms with van der Waals surface area (Å²) in [6, 6.07) is 18.1. The van der Waals surface area contributed by atoms with Gasteiger partial charge in [0.25, 0.3) is 5.91 Å². The zero-order valence-electron chi connectivity index (χ0n) is 20.9. The number of hydrogen-bond donors (Lipinski definition) is 2. The van der Waals surface area contributed by atoms with Gasteiger partial charge in [-0.05, 0) is 54.5 Å². The van der Waals surface area contributed by atoms with E-state index in [2.05, 4.69) is 10.2 Å². The van der Waals surface area contributed by atoms with Gasteiger partial charge in [-0.3, -0.25) is 4.79 Å². The minimum atomic E-state index is -3.94. The van der Waals surface area contributed by atoms with Gasteiger partial charge in [0, 0.05) is 6.54 Å². The maximum absolute atomic E-state index is 13.3. The Morgan fingerprint density at radius 3 is 2.24 bits per heavy atom. The summed E-state index contributed by atoms with van der Waals surface area (Å²) in [6.07, 6.45) is 0.870. The summed E-state index contributed by atoms with van der Waals surface area (Å²) in [4.78, 5) is 27.3. The summed E-state index contributed by atoms with van der Waals surface area (Å²) in [5, 5.41) is 12.3. The lowest BCUT2D eigenvalue weighted by Gasteiger charge is -2.18. The molecule has 3 aromatic rings. The van der Waals surface area contributed by atoms with Crippen LogP contribution in [0.3, 0.4) is 0 Å². The van der Waals surface area contributed by atoms with Crippen LogP contribution >= 0.6 is 0 Å². The van der Waals surface area contributed by atoms with Crippen LogP contribution in [0.2, 0.25) is 0 Å². The normalized spacial score (nSPS) is 11.2. The molecule has 0 aliphatic carbocycles. The Balaban J connectivity index is 1.94. The van der Waals surface area contributed by atoms with Crippen molar-refractivity contribution in [3.8, 4) is 22.6 Å². The highest BCUT2D eigenvalue weighted by Crippen LogP contribution is 2.29. The van der Waals surface area contributed by atoms with Gasteiger partial charge in [-0.15, -0.1) is 0 Å². The minimum Gasteiger partial charge on any atom is -0.492 e. The summed E-state index contributed by atoms with van der Waals surface area (Å²) in [5.41, 5.74) is 1.34. The predicted molar refractivity (Wildman–Crippen MR) is 142 cm³/mol. The quantitative estimate of drug-likeness (QED) is 0.334. The van der Waals surface area contributed by atoms with E-state index >= 15 is 0 Å². The number of anilines is 1. The molecule has 0 saturated carbocycles. The number of carbonyl (C=O) groups excluding carboxylic acids is 1. The van der Waals surface area contributed by atoms with Crippen molar-refractivity contribution < 1.29 is 32.0 Å². The van der Waals surface area contributed by atoms with Crippen molar-refractivity contribution in [2.24, 2.45) is 0 Å². The highest BCUT2D eigenvalue weighted by atomic mass is 32.2. The third-order valence-electron chi connectivity index (χ3n) is 5.61. The summed E-state index contributed by atoms with van der Waals surface area (Å²) in [6.45, 7) is 6.84. The van der Waals surface area contributed by atoms with E-state index in [-0.39, 0.29) is 22.6 Å². The molecule has 37 heavy (non-hydrogen) atoms. The van der Waals surface area contributed by atoms with Crippen molar-refractivity contribution >= 4 is 27.7 Å². The van der Waals surface area contributed by atoms with Gasteiger partial charge in [0.2, 0.25) is 0 Å². The van der Waals surface area contributed by atoms with E-state index in [1.54, 1.807) is 12.1 Å². The van der Waals surface area contributed by atoms with E-state index in [1.165, 1.54) is 24.3 Å². The first-order chi connectivity index (χ1) is 17.6. The van der Waals surface area contributed by atoms with Crippen molar-refractivity contribution in [2.75, 3.05) is 37.8 Å². The van der Waals surface area contributed by atoms with Crippen LogP contribution in [-0.2, 0) is 10.1 Å². The van der Waals surface area contributed by atoms with Crippen molar-refractivity contribution in [1.29, 1.82) is 0 Å². The van der Waals surface area contributed by atoms with Crippen molar-refractivity contribution in [2.45, 2.75) is 13.8 Å². The molecule has 0 atom stereocenters. The number of rotatable bonds is 12. The fourth-order valence-electron chi connectivity index (χ4n) is 3.68. The smallest absolute Gasteiger partial charge is 0.337 e. The zero-order chi connectivity index (χ0) is 27.0. The Kier molecular flexibility index (Phi) is 9.26. The van der Waals surface area contributed by atoms with E-state index < -0.39 is 22.0 Å². The van der Waals surface area contributed by atoms with Crippen LogP contribution in [-0.4, -0.2) is 62.8 Å². The number of ether oxygens (including phenoxy) is 1. The Morgan fingerprint density at radius 1 is 0.919 bits per heavy atom.